The van der Waals surface area contributed by atoms with Gasteiger partial charge in [0.1, 0.15) is 30.5 Å². The first kappa shape index (κ1) is 26.2. The van der Waals surface area contributed by atoms with Crippen LogP contribution in [-0.4, -0.2) is 101 Å². The summed E-state index contributed by atoms with van der Waals surface area (Å²) in [6, 6.07) is -1.27. The third kappa shape index (κ3) is 5.46. The summed E-state index contributed by atoms with van der Waals surface area (Å²) >= 11 is 0. The SMILES string of the molecule is CC[C@@H]1CC[C@@H](C)[C@@H](OC2[C@@H](C)C[C@@H](NC)[C@H](O[C@H]3O[C@H](CO)[C@@H](O)[C@H](N)[C@H]3O)[C@H]2O)O1. The third-order valence-electron chi connectivity index (χ3n) is 7.34. The Kier molecular flexibility index (Phi) is 9.30. The van der Waals surface area contributed by atoms with E-state index >= 15 is 0 Å². The van der Waals surface area contributed by atoms with Crippen LogP contribution < -0.4 is 11.1 Å². The van der Waals surface area contributed by atoms with Gasteiger partial charge in [-0.15, -0.1) is 0 Å². The molecule has 3 aliphatic rings. The smallest absolute Gasteiger partial charge is 0.186 e. The number of aliphatic hydroxyl groups excluding tert-OH is 4. The van der Waals surface area contributed by atoms with E-state index < -0.39 is 61.9 Å². The van der Waals surface area contributed by atoms with E-state index in [1.165, 1.54) is 0 Å². The number of hydrogen-bond donors (Lipinski definition) is 6. The molecule has 2 heterocycles. The Balaban J connectivity index is 1.73. The van der Waals surface area contributed by atoms with Crippen molar-refractivity contribution in [1.29, 1.82) is 0 Å². The summed E-state index contributed by atoms with van der Waals surface area (Å²) in [5.41, 5.74) is 5.91. The van der Waals surface area contributed by atoms with Gasteiger partial charge in [-0.2, -0.15) is 0 Å². The maximum atomic E-state index is 11.3. The average Bonchev–Trinajstić information content (AvgIpc) is 2.79. The van der Waals surface area contributed by atoms with Crippen molar-refractivity contribution in [3.05, 3.63) is 0 Å². The lowest BCUT2D eigenvalue weighted by Gasteiger charge is -2.48. The van der Waals surface area contributed by atoms with Gasteiger partial charge in [0, 0.05) is 12.0 Å². The van der Waals surface area contributed by atoms with Crippen LogP contribution in [0.2, 0.25) is 0 Å². The van der Waals surface area contributed by atoms with Crippen molar-refractivity contribution in [3.63, 3.8) is 0 Å². The first-order valence-electron chi connectivity index (χ1n) is 11.9. The van der Waals surface area contributed by atoms with Crippen molar-refractivity contribution in [3.8, 4) is 0 Å². The van der Waals surface area contributed by atoms with Gasteiger partial charge in [-0.1, -0.05) is 20.8 Å². The second kappa shape index (κ2) is 11.4. The standard InChI is InChI=1S/C22H42N2O8/c1-5-12-7-6-10(2)21(29-12)31-19-11(3)8-13(24-4)20(18(19)28)32-22-17(27)15(23)16(26)14(9-25)30-22/h10-22,24-28H,5-9,23H2,1-4H3/t10-,11+,12-,13-,14-,15+,16-,17-,18+,19?,20+,21-,22-/m1/s1. The zero-order chi connectivity index (χ0) is 23.6. The molecule has 3 rings (SSSR count). The van der Waals surface area contributed by atoms with E-state index in [0.717, 1.165) is 19.3 Å². The molecule has 13 atom stereocenters. The highest BCUT2D eigenvalue weighted by Crippen LogP contribution is 2.36. The normalized spacial score (nSPS) is 50.3. The molecule has 10 heteroatoms. The average molecular weight is 463 g/mol. The van der Waals surface area contributed by atoms with E-state index in [-0.39, 0.29) is 24.0 Å². The topological polar surface area (TPSA) is 156 Å². The lowest BCUT2D eigenvalue weighted by molar-refractivity contribution is -0.318. The minimum Gasteiger partial charge on any atom is -0.394 e. The molecule has 0 radical (unpaired) electrons. The molecule has 10 nitrogen and oxygen atoms in total. The van der Waals surface area contributed by atoms with E-state index in [2.05, 4.69) is 19.2 Å². The third-order valence-corrected chi connectivity index (χ3v) is 7.34. The molecule has 0 spiro atoms. The van der Waals surface area contributed by atoms with Crippen molar-refractivity contribution in [2.75, 3.05) is 13.7 Å². The van der Waals surface area contributed by atoms with Crippen molar-refractivity contribution in [2.24, 2.45) is 17.6 Å². The Hall–Kier alpha value is -0.400. The Bertz CT molecular complexity index is 584. The molecule has 0 bridgehead atoms. The lowest BCUT2D eigenvalue weighted by Crippen LogP contribution is -2.66. The summed E-state index contributed by atoms with van der Waals surface area (Å²) in [5, 5.41) is 44.5. The molecule has 1 saturated carbocycles. The zero-order valence-corrected chi connectivity index (χ0v) is 19.5. The van der Waals surface area contributed by atoms with Gasteiger partial charge >= 0.3 is 0 Å². The number of ether oxygens (including phenoxy) is 4. The Morgan fingerprint density at radius 1 is 0.938 bits per heavy atom. The molecule has 3 fully saturated rings. The molecular formula is C22H42N2O8. The fourth-order valence-corrected chi connectivity index (χ4v) is 5.08. The van der Waals surface area contributed by atoms with Crippen LogP contribution in [0.15, 0.2) is 0 Å². The Labute approximate surface area is 190 Å². The highest BCUT2D eigenvalue weighted by molar-refractivity contribution is 4.99. The summed E-state index contributed by atoms with van der Waals surface area (Å²) in [5.74, 6) is 0.249. The van der Waals surface area contributed by atoms with E-state index in [0.29, 0.717) is 6.42 Å². The lowest BCUT2D eigenvalue weighted by atomic mass is 9.80. The highest BCUT2D eigenvalue weighted by atomic mass is 16.7. The van der Waals surface area contributed by atoms with Crippen LogP contribution in [0.5, 0.6) is 0 Å². The summed E-state index contributed by atoms with van der Waals surface area (Å²) in [7, 11) is 1.78. The second-order valence-electron chi connectivity index (χ2n) is 9.67. The molecule has 188 valence electrons. The van der Waals surface area contributed by atoms with Crippen LogP contribution in [0, 0.1) is 11.8 Å². The Morgan fingerprint density at radius 2 is 1.62 bits per heavy atom. The molecule has 0 aromatic rings. The predicted molar refractivity (Wildman–Crippen MR) is 115 cm³/mol. The summed E-state index contributed by atoms with van der Waals surface area (Å²) in [4.78, 5) is 0. The van der Waals surface area contributed by atoms with E-state index in [1.54, 1.807) is 7.05 Å². The van der Waals surface area contributed by atoms with Crippen molar-refractivity contribution in [2.45, 2.75) is 114 Å². The quantitative estimate of drug-likeness (QED) is 0.279. The molecule has 0 aromatic carbocycles. The number of likely N-dealkylation sites (N-methyl/N-ethyl adjacent to an activating group) is 1. The molecule has 0 amide bonds. The molecule has 32 heavy (non-hydrogen) atoms. The van der Waals surface area contributed by atoms with Crippen LogP contribution in [0.4, 0.5) is 0 Å². The van der Waals surface area contributed by atoms with Gasteiger partial charge in [-0.05, 0) is 38.6 Å². The summed E-state index contributed by atoms with van der Waals surface area (Å²) in [6.07, 6.45) is -3.69. The fraction of sp³-hybridized carbons (Fsp3) is 1.00. The maximum absolute atomic E-state index is 11.3. The second-order valence-corrected chi connectivity index (χ2v) is 9.67. The van der Waals surface area contributed by atoms with Crippen LogP contribution >= 0.6 is 0 Å². The number of nitrogens with one attached hydrogen (secondary N) is 1. The van der Waals surface area contributed by atoms with Gasteiger partial charge in [0.25, 0.3) is 0 Å². The molecule has 2 saturated heterocycles. The number of rotatable bonds is 7. The highest BCUT2D eigenvalue weighted by Gasteiger charge is 2.50. The van der Waals surface area contributed by atoms with Gasteiger partial charge < -0.3 is 50.4 Å². The fourth-order valence-electron chi connectivity index (χ4n) is 5.08. The predicted octanol–water partition coefficient (Wildman–Crippen LogP) is -0.937. The van der Waals surface area contributed by atoms with Gasteiger partial charge in [0.05, 0.1) is 24.9 Å². The van der Waals surface area contributed by atoms with Crippen LogP contribution in [-0.2, 0) is 18.9 Å². The first-order valence-corrected chi connectivity index (χ1v) is 11.9. The van der Waals surface area contributed by atoms with Gasteiger partial charge in [0.2, 0.25) is 0 Å². The molecule has 7 N–H and O–H groups in total. The van der Waals surface area contributed by atoms with Gasteiger partial charge in [0.15, 0.2) is 12.6 Å². The summed E-state index contributed by atoms with van der Waals surface area (Å²) < 4.78 is 24.1. The van der Waals surface area contributed by atoms with Gasteiger partial charge in [-0.25, -0.2) is 0 Å². The summed E-state index contributed by atoms with van der Waals surface area (Å²) in [6.45, 7) is 5.74. The minimum atomic E-state index is -1.32. The van der Waals surface area contributed by atoms with Gasteiger partial charge in [-0.3, -0.25) is 0 Å². The van der Waals surface area contributed by atoms with Crippen LogP contribution in [0.25, 0.3) is 0 Å². The zero-order valence-electron chi connectivity index (χ0n) is 19.5. The van der Waals surface area contributed by atoms with E-state index in [1.807, 2.05) is 6.92 Å². The van der Waals surface area contributed by atoms with Crippen molar-refractivity contribution >= 4 is 0 Å². The number of nitrogens with two attached hydrogens (primary N) is 1. The Morgan fingerprint density at radius 3 is 2.25 bits per heavy atom. The van der Waals surface area contributed by atoms with Crippen LogP contribution in [0.3, 0.4) is 0 Å². The molecule has 1 unspecified atom stereocenters. The molecule has 1 aliphatic carbocycles. The first-order chi connectivity index (χ1) is 15.2. The monoisotopic (exact) mass is 462 g/mol. The van der Waals surface area contributed by atoms with E-state index in [4.69, 9.17) is 24.7 Å². The molecule has 0 aromatic heterocycles. The molecule has 2 aliphatic heterocycles. The largest absolute Gasteiger partial charge is 0.394 e. The van der Waals surface area contributed by atoms with Crippen molar-refractivity contribution < 1.29 is 39.4 Å². The molecular weight excluding hydrogens is 420 g/mol. The maximum Gasteiger partial charge on any atom is 0.186 e. The number of aliphatic hydroxyl groups is 4. The van der Waals surface area contributed by atoms with Crippen molar-refractivity contribution in [1.82, 2.24) is 5.32 Å². The minimum absolute atomic E-state index is 0.0339. The van der Waals surface area contributed by atoms with E-state index in [9.17, 15) is 20.4 Å². The number of hydrogen-bond acceptors (Lipinski definition) is 10. The van der Waals surface area contributed by atoms with Crippen LogP contribution in [0.1, 0.15) is 46.5 Å².